The minimum absolute atomic E-state index is 0.258. The highest BCUT2D eigenvalue weighted by molar-refractivity contribution is 7.99. The maximum absolute atomic E-state index is 9.53. The Labute approximate surface area is 115 Å². The number of hydrogen-bond donors (Lipinski definition) is 2. The van der Waals surface area contributed by atoms with Gasteiger partial charge in [0.1, 0.15) is 0 Å². The molecule has 0 aliphatic heterocycles. The third-order valence-electron chi connectivity index (χ3n) is 3.36. The zero-order chi connectivity index (χ0) is 13.7. The van der Waals surface area contributed by atoms with Gasteiger partial charge in [-0.15, -0.1) is 0 Å². The van der Waals surface area contributed by atoms with Crippen molar-refractivity contribution < 1.29 is 5.11 Å². The molecule has 0 spiro atoms. The summed E-state index contributed by atoms with van der Waals surface area (Å²) >= 11 is 1.81. The highest BCUT2D eigenvalue weighted by atomic mass is 32.2. The number of nitrogens with one attached hydrogen (secondary N) is 1. The molecule has 0 saturated heterocycles. The standard InChI is InChI=1S/C15H25NOS/c1-10-6-7-11(2)14(8-10)15(16-5)9-18-13(4)12(3)17/h6-8,12-13,15-17H,9H2,1-5H3. The molecule has 18 heavy (non-hydrogen) atoms. The Kier molecular flexibility index (Phi) is 6.19. The summed E-state index contributed by atoms with van der Waals surface area (Å²) in [4.78, 5) is 0. The number of rotatable bonds is 6. The second kappa shape index (κ2) is 7.17. The lowest BCUT2D eigenvalue weighted by Gasteiger charge is -2.22. The number of aliphatic hydroxyl groups is 1. The average molecular weight is 267 g/mol. The van der Waals surface area contributed by atoms with Crippen LogP contribution in [0.5, 0.6) is 0 Å². The van der Waals surface area contributed by atoms with Crippen LogP contribution >= 0.6 is 11.8 Å². The molecule has 2 nitrogen and oxygen atoms in total. The van der Waals surface area contributed by atoms with Crippen molar-refractivity contribution in [2.24, 2.45) is 0 Å². The molecule has 3 unspecified atom stereocenters. The maximum atomic E-state index is 9.53. The van der Waals surface area contributed by atoms with Gasteiger partial charge in [0, 0.05) is 17.0 Å². The van der Waals surface area contributed by atoms with Crippen LogP contribution in [0.3, 0.4) is 0 Å². The number of thioether (sulfide) groups is 1. The van der Waals surface area contributed by atoms with E-state index in [0.717, 1.165) is 5.75 Å². The molecule has 102 valence electrons. The molecular formula is C15H25NOS. The summed E-state index contributed by atoms with van der Waals surface area (Å²) < 4.78 is 0. The van der Waals surface area contributed by atoms with Gasteiger partial charge in [-0.05, 0) is 38.9 Å². The Morgan fingerprint density at radius 3 is 2.50 bits per heavy atom. The van der Waals surface area contributed by atoms with E-state index in [9.17, 15) is 5.11 Å². The molecule has 0 heterocycles. The molecule has 1 aromatic rings. The predicted molar refractivity (Wildman–Crippen MR) is 81.3 cm³/mol. The van der Waals surface area contributed by atoms with E-state index in [1.807, 2.05) is 25.7 Å². The van der Waals surface area contributed by atoms with Gasteiger partial charge in [-0.25, -0.2) is 0 Å². The molecule has 0 aliphatic carbocycles. The van der Waals surface area contributed by atoms with Crippen LogP contribution in [0.2, 0.25) is 0 Å². The lowest BCUT2D eigenvalue weighted by molar-refractivity contribution is 0.196. The van der Waals surface area contributed by atoms with E-state index in [1.54, 1.807) is 0 Å². The topological polar surface area (TPSA) is 32.3 Å². The Hall–Kier alpha value is -0.510. The van der Waals surface area contributed by atoms with E-state index in [0.29, 0.717) is 6.04 Å². The van der Waals surface area contributed by atoms with Gasteiger partial charge in [0.15, 0.2) is 0 Å². The molecule has 0 amide bonds. The lowest BCUT2D eigenvalue weighted by Crippen LogP contribution is -2.23. The minimum Gasteiger partial charge on any atom is -0.392 e. The molecule has 0 saturated carbocycles. The van der Waals surface area contributed by atoms with Crippen LogP contribution in [0.25, 0.3) is 0 Å². The minimum atomic E-state index is -0.258. The van der Waals surface area contributed by atoms with Gasteiger partial charge in [0.2, 0.25) is 0 Å². The predicted octanol–water partition coefficient (Wildman–Crippen LogP) is 3.07. The van der Waals surface area contributed by atoms with Crippen LogP contribution in [-0.4, -0.2) is 29.3 Å². The Morgan fingerprint density at radius 1 is 1.28 bits per heavy atom. The largest absolute Gasteiger partial charge is 0.392 e. The molecule has 0 bridgehead atoms. The molecule has 2 N–H and O–H groups in total. The van der Waals surface area contributed by atoms with E-state index in [-0.39, 0.29) is 11.4 Å². The van der Waals surface area contributed by atoms with Crippen LogP contribution in [0.15, 0.2) is 18.2 Å². The molecule has 1 rings (SSSR count). The quantitative estimate of drug-likeness (QED) is 0.831. The number of hydrogen-bond acceptors (Lipinski definition) is 3. The summed E-state index contributed by atoms with van der Waals surface area (Å²) in [5.41, 5.74) is 3.98. The zero-order valence-corrected chi connectivity index (χ0v) is 12.8. The first-order valence-corrected chi connectivity index (χ1v) is 7.54. The molecule has 0 aromatic heterocycles. The van der Waals surface area contributed by atoms with Gasteiger partial charge >= 0.3 is 0 Å². The van der Waals surface area contributed by atoms with Gasteiger partial charge in [0.05, 0.1) is 6.10 Å². The zero-order valence-electron chi connectivity index (χ0n) is 12.0. The van der Waals surface area contributed by atoms with Crippen molar-refractivity contribution in [3.8, 4) is 0 Å². The number of aliphatic hydroxyl groups excluding tert-OH is 1. The van der Waals surface area contributed by atoms with Crippen molar-refractivity contribution in [1.82, 2.24) is 5.32 Å². The normalized spacial score (nSPS) is 16.3. The highest BCUT2D eigenvalue weighted by Gasteiger charge is 2.16. The summed E-state index contributed by atoms with van der Waals surface area (Å²) in [5, 5.41) is 13.2. The SMILES string of the molecule is CNC(CSC(C)C(C)O)c1cc(C)ccc1C. The van der Waals surface area contributed by atoms with Crippen molar-refractivity contribution in [2.45, 2.75) is 45.1 Å². The first-order valence-electron chi connectivity index (χ1n) is 6.49. The second-order valence-corrected chi connectivity index (χ2v) is 6.39. The van der Waals surface area contributed by atoms with E-state index >= 15 is 0 Å². The smallest absolute Gasteiger partial charge is 0.0628 e. The van der Waals surface area contributed by atoms with Gasteiger partial charge in [-0.3, -0.25) is 0 Å². The van der Waals surface area contributed by atoms with Gasteiger partial charge in [-0.2, -0.15) is 11.8 Å². The second-order valence-electron chi connectivity index (χ2n) is 4.98. The van der Waals surface area contributed by atoms with Gasteiger partial charge in [0.25, 0.3) is 0 Å². The fourth-order valence-corrected chi connectivity index (χ4v) is 2.97. The van der Waals surface area contributed by atoms with Crippen molar-refractivity contribution in [3.05, 3.63) is 34.9 Å². The van der Waals surface area contributed by atoms with Crippen LogP contribution < -0.4 is 5.32 Å². The van der Waals surface area contributed by atoms with E-state index < -0.39 is 0 Å². The van der Waals surface area contributed by atoms with Crippen molar-refractivity contribution in [3.63, 3.8) is 0 Å². The Balaban J connectivity index is 2.74. The molecule has 0 aliphatic rings. The summed E-state index contributed by atoms with van der Waals surface area (Å²) in [7, 11) is 2.00. The fraction of sp³-hybridized carbons (Fsp3) is 0.600. The van der Waals surface area contributed by atoms with Crippen LogP contribution in [-0.2, 0) is 0 Å². The summed E-state index contributed by atoms with van der Waals surface area (Å²) in [6, 6.07) is 6.93. The Morgan fingerprint density at radius 2 is 1.94 bits per heavy atom. The molecule has 0 radical (unpaired) electrons. The first kappa shape index (κ1) is 15.5. The summed E-state index contributed by atoms with van der Waals surface area (Å²) in [5.74, 6) is 0.979. The molecule has 3 heteroatoms. The molecule has 0 fully saturated rings. The van der Waals surface area contributed by atoms with Crippen LogP contribution in [0.4, 0.5) is 0 Å². The third kappa shape index (κ3) is 4.30. The van der Waals surface area contributed by atoms with E-state index in [2.05, 4.69) is 44.3 Å². The fourth-order valence-electron chi connectivity index (χ4n) is 1.85. The molecule has 1 aromatic carbocycles. The van der Waals surface area contributed by atoms with Crippen LogP contribution in [0.1, 0.15) is 36.6 Å². The number of benzene rings is 1. The van der Waals surface area contributed by atoms with Gasteiger partial charge in [-0.1, -0.05) is 30.7 Å². The molecular weight excluding hydrogens is 242 g/mol. The molecule has 3 atom stereocenters. The summed E-state index contributed by atoms with van der Waals surface area (Å²) in [6.07, 6.45) is -0.258. The van der Waals surface area contributed by atoms with Crippen molar-refractivity contribution >= 4 is 11.8 Å². The van der Waals surface area contributed by atoms with Crippen molar-refractivity contribution in [1.29, 1.82) is 0 Å². The highest BCUT2D eigenvalue weighted by Crippen LogP contribution is 2.25. The van der Waals surface area contributed by atoms with Crippen molar-refractivity contribution in [2.75, 3.05) is 12.8 Å². The summed E-state index contributed by atoms with van der Waals surface area (Å²) in [6.45, 7) is 8.21. The van der Waals surface area contributed by atoms with Gasteiger partial charge < -0.3 is 10.4 Å². The van der Waals surface area contributed by atoms with Crippen LogP contribution in [0, 0.1) is 13.8 Å². The first-order chi connectivity index (χ1) is 8.45. The maximum Gasteiger partial charge on any atom is 0.0628 e. The average Bonchev–Trinajstić information content (AvgIpc) is 2.33. The number of aryl methyl sites for hydroxylation is 2. The monoisotopic (exact) mass is 267 g/mol. The van der Waals surface area contributed by atoms with E-state index in [1.165, 1.54) is 16.7 Å². The third-order valence-corrected chi connectivity index (χ3v) is 4.81. The van der Waals surface area contributed by atoms with E-state index in [4.69, 9.17) is 0 Å². The Bertz CT molecular complexity index is 379. The lowest BCUT2D eigenvalue weighted by atomic mass is 10.0.